The Balaban J connectivity index is 2.54. The topological polar surface area (TPSA) is 66.8 Å². The van der Waals surface area contributed by atoms with Crippen molar-refractivity contribution in [3.05, 3.63) is 0 Å². The zero-order chi connectivity index (χ0) is 7.72. The molecule has 1 aliphatic heterocycles. The Bertz CT molecular complexity index is 145. The predicted molar refractivity (Wildman–Crippen MR) is 32.2 cm³/mol. The number of Topliss-reactive ketones (excluding diaryl/α,β-unsaturated/α-hetero) is 1. The second kappa shape index (κ2) is 2.65. The first-order valence-electron chi connectivity index (χ1n) is 3.15. The molecule has 58 valence electrons. The minimum Gasteiger partial charge on any atom is -0.387 e. The monoisotopic (exact) mass is 146 g/mol. The van der Waals surface area contributed by atoms with Gasteiger partial charge in [0.1, 0.15) is 12.2 Å². The Morgan fingerprint density at radius 2 is 2.20 bits per heavy atom. The molecule has 3 atom stereocenters. The first-order valence-corrected chi connectivity index (χ1v) is 3.15. The number of carbonyl (C=O) groups is 1. The fourth-order valence-corrected chi connectivity index (χ4v) is 0.849. The summed E-state index contributed by atoms with van der Waals surface area (Å²) < 4.78 is 4.67. The molecule has 2 N–H and O–H groups in total. The predicted octanol–water partition coefficient (Wildman–Crippen LogP) is -0.956. The Labute approximate surface area is 58.4 Å². The van der Waals surface area contributed by atoms with Crippen LogP contribution in [0.25, 0.3) is 0 Å². The second-order valence-electron chi connectivity index (χ2n) is 2.41. The summed E-state index contributed by atoms with van der Waals surface area (Å²) in [6.45, 7) is 1.55. The fourth-order valence-electron chi connectivity index (χ4n) is 0.849. The zero-order valence-corrected chi connectivity index (χ0v) is 5.65. The number of ether oxygens (including phenoxy) is 1. The summed E-state index contributed by atoms with van der Waals surface area (Å²) in [5.74, 6) is -0.169. The third-order valence-electron chi connectivity index (χ3n) is 1.54. The summed E-state index contributed by atoms with van der Waals surface area (Å²) in [6.07, 6.45) is -2.85. The third-order valence-corrected chi connectivity index (χ3v) is 1.54. The van der Waals surface area contributed by atoms with Crippen molar-refractivity contribution < 1.29 is 19.7 Å². The standard InChI is InChI=1S/C6H10O4/c1-3-4(7)2-5(8)6(9)10-3/h3,5-6,8-9H,2H2,1H3/t3-,5+,6-/m0/s1. The Morgan fingerprint density at radius 3 is 2.70 bits per heavy atom. The highest BCUT2D eigenvalue weighted by molar-refractivity contribution is 5.83. The number of hydrogen-bond acceptors (Lipinski definition) is 4. The molecule has 0 unspecified atom stereocenters. The quantitative estimate of drug-likeness (QED) is 0.462. The molecule has 0 aliphatic carbocycles. The largest absolute Gasteiger partial charge is 0.387 e. The molecule has 4 nitrogen and oxygen atoms in total. The number of carbonyl (C=O) groups excluding carboxylic acids is 1. The van der Waals surface area contributed by atoms with Gasteiger partial charge in [-0.15, -0.1) is 0 Å². The molecular weight excluding hydrogens is 136 g/mol. The van der Waals surface area contributed by atoms with Crippen LogP contribution in [0.15, 0.2) is 0 Å². The summed E-state index contributed by atoms with van der Waals surface area (Å²) >= 11 is 0. The molecule has 10 heavy (non-hydrogen) atoms. The van der Waals surface area contributed by atoms with E-state index in [0.717, 1.165) is 0 Å². The van der Waals surface area contributed by atoms with Crippen molar-refractivity contribution in [3.8, 4) is 0 Å². The van der Waals surface area contributed by atoms with Crippen LogP contribution in [0.1, 0.15) is 13.3 Å². The van der Waals surface area contributed by atoms with Crippen molar-refractivity contribution in [2.45, 2.75) is 31.8 Å². The molecular formula is C6H10O4. The summed E-state index contributed by atoms with van der Waals surface area (Å²) in [5, 5.41) is 17.7. The minimum absolute atomic E-state index is 0.0116. The molecule has 0 amide bonds. The van der Waals surface area contributed by atoms with E-state index in [1.54, 1.807) is 6.92 Å². The van der Waals surface area contributed by atoms with E-state index in [9.17, 15) is 4.79 Å². The summed E-state index contributed by atoms with van der Waals surface area (Å²) in [6, 6.07) is 0. The third kappa shape index (κ3) is 1.34. The molecule has 1 heterocycles. The maximum absolute atomic E-state index is 10.8. The molecule has 0 aromatic heterocycles. The second-order valence-corrected chi connectivity index (χ2v) is 2.41. The van der Waals surface area contributed by atoms with Crippen LogP contribution in [0.5, 0.6) is 0 Å². The van der Waals surface area contributed by atoms with Gasteiger partial charge in [0.05, 0.1) is 0 Å². The van der Waals surface area contributed by atoms with Crippen LogP contribution in [0.2, 0.25) is 0 Å². The van der Waals surface area contributed by atoms with E-state index in [0.29, 0.717) is 0 Å². The van der Waals surface area contributed by atoms with Crippen LogP contribution in [-0.4, -0.2) is 34.5 Å². The van der Waals surface area contributed by atoms with Gasteiger partial charge >= 0.3 is 0 Å². The molecule has 0 bridgehead atoms. The lowest BCUT2D eigenvalue weighted by atomic mass is 10.1. The van der Waals surface area contributed by atoms with Gasteiger partial charge in [0, 0.05) is 6.42 Å². The lowest BCUT2D eigenvalue weighted by Crippen LogP contribution is -2.43. The van der Waals surface area contributed by atoms with Gasteiger partial charge < -0.3 is 14.9 Å². The zero-order valence-electron chi connectivity index (χ0n) is 5.65. The van der Waals surface area contributed by atoms with Crippen LogP contribution in [0, 0.1) is 0 Å². The molecule has 4 heteroatoms. The van der Waals surface area contributed by atoms with Gasteiger partial charge in [-0.1, -0.05) is 0 Å². The van der Waals surface area contributed by atoms with Crippen molar-refractivity contribution in [3.63, 3.8) is 0 Å². The molecule has 0 saturated carbocycles. The van der Waals surface area contributed by atoms with Crippen LogP contribution < -0.4 is 0 Å². The number of rotatable bonds is 0. The number of aliphatic hydroxyl groups excluding tert-OH is 2. The Kier molecular flexibility index (Phi) is 2.03. The van der Waals surface area contributed by atoms with Crippen LogP contribution >= 0.6 is 0 Å². The molecule has 0 aromatic carbocycles. The number of aliphatic hydroxyl groups is 2. The maximum Gasteiger partial charge on any atom is 0.182 e. The van der Waals surface area contributed by atoms with E-state index in [1.807, 2.05) is 0 Å². The maximum atomic E-state index is 10.8. The highest BCUT2D eigenvalue weighted by Gasteiger charge is 2.31. The lowest BCUT2D eigenvalue weighted by molar-refractivity contribution is -0.208. The molecule has 0 aromatic rings. The van der Waals surface area contributed by atoms with Crippen molar-refractivity contribution in [2.24, 2.45) is 0 Å². The molecule has 1 saturated heterocycles. The van der Waals surface area contributed by atoms with E-state index < -0.39 is 18.5 Å². The summed E-state index contributed by atoms with van der Waals surface area (Å²) in [5.41, 5.74) is 0. The van der Waals surface area contributed by atoms with E-state index in [-0.39, 0.29) is 12.2 Å². The molecule has 1 aliphatic rings. The van der Waals surface area contributed by atoms with Crippen LogP contribution in [-0.2, 0) is 9.53 Å². The van der Waals surface area contributed by atoms with Crippen molar-refractivity contribution in [1.29, 1.82) is 0 Å². The van der Waals surface area contributed by atoms with Gasteiger partial charge in [0.2, 0.25) is 0 Å². The summed E-state index contributed by atoms with van der Waals surface area (Å²) in [7, 11) is 0. The van der Waals surface area contributed by atoms with E-state index in [2.05, 4.69) is 4.74 Å². The van der Waals surface area contributed by atoms with Crippen molar-refractivity contribution >= 4 is 5.78 Å². The van der Waals surface area contributed by atoms with Gasteiger partial charge in [0.25, 0.3) is 0 Å². The van der Waals surface area contributed by atoms with Gasteiger partial charge in [-0.2, -0.15) is 0 Å². The van der Waals surface area contributed by atoms with Crippen molar-refractivity contribution in [2.75, 3.05) is 0 Å². The van der Waals surface area contributed by atoms with Gasteiger partial charge in [0.15, 0.2) is 12.1 Å². The molecule has 1 fully saturated rings. The molecule has 0 spiro atoms. The van der Waals surface area contributed by atoms with Crippen molar-refractivity contribution in [1.82, 2.24) is 0 Å². The molecule has 1 rings (SSSR count). The van der Waals surface area contributed by atoms with E-state index in [4.69, 9.17) is 10.2 Å². The van der Waals surface area contributed by atoms with E-state index in [1.165, 1.54) is 0 Å². The van der Waals surface area contributed by atoms with E-state index >= 15 is 0 Å². The SMILES string of the molecule is C[C@@H]1O[C@H](O)[C@H](O)CC1=O. The Hall–Kier alpha value is -0.450. The highest BCUT2D eigenvalue weighted by Crippen LogP contribution is 2.13. The van der Waals surface area contributed by atoms with Gasteiger partial charge in [-0.3, -0.25) is 4.79 Å². The number of ketones is 1. The first kappa shape index (κ1) is 7.65. The molecule has 0 radical (unpaired) electrons. The normalized spacial score (nSPS) is 41.9. The smallest absolute Gasteiger partial charge is 0.182 e. The first-order chi connectivity index (χ1) is 4.61. The van der Waals surface area contributed by atoms with Gasteiger partial charge in [-0.05, 0) is 6.92 Å². The van der Waals surface area contributed by atoms with Crippen LogP contribution in [0.4, 0.5) is 0 Å². The van der Waals surface area contributed by atoms with Gasteiger partial charge in [-0.25, -0.2) is 0 Å². The average molecular weight is 146 g/mol. The Morgan fingerprint density at radius 1 is 1.60 bits per heavy atom. The van der Waals surface area contributed by atoms with Crippen LogP contribution in [0.3, 0.4) is 0 Å². The summed E-state index contributed by atoms with van der Waals surface area (Å²) in [4.78, 5) is 10.8. The minimum atomic E-state index is -1.20. The highest BCUT2D eigenvalue weighted by atomic mass is 16.6. The fraction of sp³-hybridized carbons (Fsp3) is 0.833. The average Bonchev–Trinajstić information content (AvgIpc) is 1.84. The lowest BCUT2D eigenvalue weighted by Gasteiger charge is -2.26. The number of hydrogen-bond donors (Lipinski definition) is 2.